The molecule has 1 N–H and O–H groups in total. The number of ether oxygens (including phenoxy) is 1. The van der Waals surface area contributed by atoms with E-state index in [9.17, 15) is 9.18 Å². The van der Waals surface area contributed by atoms with Crippen LogP contribution < -0.4 is 10.1 Å². The van der Waals surface area contributed by atoms with Crippen molar-refractivity contribution in [3.05, 3.63) is 89.9 Å². The summed E-state index contributed by atoms with van der Waals surface area (Å²) in [5.41, 5.74) is 1.12. The third kappa shape index (κ3) is 4.16. The van der Waals surface area contributed by atoms with E-state index in [4.69, 9.17) is 4.74 Å². The quantitative estimate of drug-likeness (QED) is 0.774. The smallest absolute Gasteiger partial charge is 0.251 e. The molecule has 0 atom stereocenters. The van der Waals surface area contributed by atoms with Crippen LogP contribution in [0.1, 0.15) is 15.9 Å². The average Bonchev–Trinajstić information content (AvgIpc) is 2.61. The Bertz CT molecular complexity index is 838. The van der Waals surface area contributed by atoms with Gasteiger partial charge in [0.05, 0.1) is 0 Å². The lowest BCUT2D eigenvalue weighted by atomic mass is 10.2. The summed E-state index contributed by atoms with van der Waals surface area (Å²) in [6.07, 6.45) is 1.61. The van der Waals surface area contributed by atoms with Gasteiger partial charge in [-0.15, -0.1) is 0 Å². The minimum Gasteiger partial charge on any atom is -0.439 e. The van der Waals surface area contributed by atoms with Gasteiger partial charge in [-0.2, -0.15) is 0 Å². The molecule has 1 aromatic heterocycles. The number of carbonyl (C=O) groups excluding carboxylic acids is 1. The number of carbonyl (C=O) groups is 1. The summed E-state index contributed by atoms with van der Waals surface area (Å²) in [7, 11) is 0. The van der Waals surface area contributed by atoms with Gasteiger partial charge in [0.2, 0.25) is 5.88 Å². The zero-order chi connectivity index (χ0) is 16.8. The van der Waals surface area contributed by atoms with Crippen LogP contribution in [0.4, 0.5) is 4.39 Å². The molecule has 24 heavy (non-hydrogen) atoms. The monoisotopic (exact) mass is 322 g/mol. The van der Waals surface area contributed by atoms with E-state index in [2.05, 4.69) is 10.3 Å². The number of hydrogen-bond acceptors (Lipinski definition) is 3. The average molecular weight is 322 g/mol. The van der Waals surface area contributed by atoms with E-state index < -0.39 is 5.82 Å². The number of nitrogens with zero attached hydrogens (tertiary/aromatic N) is 1. The third-order valence-electron chi connectivity index (χ3n) is 3.30. The topological polar surface area (TPSA) is 51.2 Å². The van der Waals surface area contributed by atoms with Crippen molar-refractivity contribution in [2.24, 2.45) is 0 Å². The number of nitrogens with one attached hydrogen (secondary N) is 1. The predicted molar refractivity (Wildman–Crippen MR) is 88.3 cm³/mol. The van der Waals surface area contributed by atoms with Crippen LogP contribution in [0.3, 0.4) is 0 Å². The standard InChI is InChI=1S/C19H15FN2O2/c20-16-6-4-5-15(12-16)19(23)22-13-14-9-10-21-18(11-14)24-17-7-2-1-3-8-17/h1-12H,13H2,(H,22,23). The van der Waals surface area contributed by atoms with Crippen LogP contribution in [0.5, 0.6) is 11.6 Å². The fraction of sp³-hybridized carbons (Fsp3) is 0.0526. The number of amides is 1. The number of hydrogen-bond donors (Lipinski definition) is 1. The molecule has 0 aliphatic heterocycles. The summed E-state index contributed by atoms with van der Waals surface area (Å²) in [6, 6.07) is 18.4. The lowest BCUT2D eigenvalue weighted by molar-refractivity contribution is 0.0950. The predicted octanol–water partition coefficient (Wildman–Crippen LogP) is 3.94. The number of halogens is 1. The highest BCUT2D eigenvalue weighted by Crippen LogP contribution is 2.19. The highest BCUT2D eigenvalue weighted by atomic mass is 19.1. The van der Waals surface area contributed by atoms with E-state index in [0.717, 1.165) is 5.56 Å². The normalized spacial score (nSPS) is 10.2. The first-order valence-electron chi connectivity index (χ1n) is 7.42. The second-order valence-corrected chi connectivity index (χ2v) is 5.11. The maximum atomic E-state index is 13.1. The van der Waals surface area contributed by atoms with Crippen molar-refractivity contribution >= 4 is 5.91 Å². The molecule has 2 aromatic carbocycles. The van der Waals surface area contributed by atoms with E-state index in [-0.39, 0.29) is 11.5 Å². The molecular weight excluding hydrogens is 307 g/mol. The summed E-state index contributed by atoms with van der Waals surface area (Å²) in [6.45, 7) is 0.295. The number of aromatic nitrogens is 1. The fourth-order valence-electron chi connectivity index (χ4n) is 2.14. The van der Waals surface area contributed by atoms with Crippen molar-refractivity contribution in [1.29, 1.82) is 0 Å². The van der Waals surface area contributed by atoms with Crippen LogP contribution in [-0.4, -0.2) is 10.9 Å². The van der Waals surface area contributed by atoms with Gasteiger partial charge in [-0.05, 0) is 42.0 Å². The van der Waals surface area contributed by atoms with Crippen LogP contribution in [-0.2, 0) is 6.54 Å². The first-order valence-corrected chi connectivity index (χ1v) is 7.42. The Kier molecular flexibility index (Phi) is 4.81. The van der Waals surface area contributed by atoms with Crippen molar-refractivity contribution in [2.75, 3.05) is 0 Å². The van der Waals surface area contributed by atoms with E-state index in [1.54, 1.807) is 24.4 Å². The number of benzene rings is 2. The molecule has 0 fully saturated rings. The van der Waals surface area contributed by atoms with Gasteiger partial charge in [0.1, 0.15) is 11.6 Å². The van der Waals surface area contributed by atoms with Crippen molar-refractivity contribution < 1.29 is 13.9 Å². The van der Waals surface area contributed by atoms with Crippen LogP contribution in [0.2, 0.25) is 0 Å². The second kappa shape index (κ2) is 7.37. The molecule has 3 aromatic rings. The summed E-state index contributed by atoms with van der Waals surface area (Å²) >= 11 is 0. The molecule has 0 radical (unpaired) electrons. The molecule has 120 valence electrons. The zero-order valence-electron chi connectivity index (χ0n) is 12.8. The van der Waals surface area contributed by atoms with Crippen molar-refractivity contribution in [1.82, 2.24) is 10.3 Å². The fourth-order valence-corrected chi connectivity index (χ4v) is 2.14. The van der Waals surface area contributed by atoms with Gasteiger partial charge in [0.15, 0.2) is 0 Å². The Morgan fingerprint density at radius 3 is 2.67 bits per heavy atom. The highest BCUT2D eigenvalue weighted by molar-refractivity contribution is 5.94. The largest absolute Gasteiger partial charge is 0.439 e. The molecule has 0 aliphatic carbocycles. The number of para-hydroxylation sites is 1. The van der Waals surface area contributed by atoms with Crippen LogP contribution in [0, 0.1) is 5.82 Å². The van der Waals surface area contributed by atoms with Gasteiger partial charge < -0.3 is 10.1 Å². The molecule has 1 amide bonds. The Hall–Kier alpha value is -3.21. The minimum atomic E-state index is -0.440. The summed E-state index contributed by atoms with van der Waals surface area (Å²) in [4.78, 5) is 16.2. The molecule has 0 spiro atoms. The maximum Gasteiger partial charge on any atom is 0.251 e. The Balaban J connectivity index is 1.63. The van der Waals surface area contributed by atoms with E-state index in [1.807, 2.05) is 30.3 Å². The SMILES string of the molecule is O=C(NCc1ccnc(Oc2ccccc2)c1)c1cccc(F)c1. The summed E-state index contributed by atoms with van der Waals surface area (Å²) < 4.78 is 18.8. The Labute approximate surface area is 138 Å². The first kappa shape index (κ1) is 15.7. The summed E-state index contributed by atoms with van der Waals surface area (Å²) in [5.74, 6) is 0.353. The van der Waals surface area contributed by atoms with E-state index in [1.165, 1.54) is 18.2 Å². The lowest BCUT2D eigenvalue weighted by Gasteiger charge is -2.08. The molecule has 1 heterocycles. The molecule has 0 aliphatic rings. The number of rotatable bonds is 5. The van der Waals surface area contributed by atoms with Crippen molar-refractivity contribution in [3.63, 3.8) is 0 Å². The minimum absolute atomic E-state index is 0.282. The van der Waals surface area contributed by atoms with Gasteiger partial charge in [-0.3, -0.25) is 4.79 Å². The maximum absolute atomic E-state index is 13.1. The lowest BCUT2D eigenvalue weighted by Crippen LogP contribution is -2.22. The van der Waals surface area contributed by atoms with Gasteiger partial charge in [0.25, 0.3) is 5.91 Å². The highest BCUT2D eigenvalue weighted by Gasteiger charge is 2.07. The molecule has 0 saturated heterocycles. The van der Waals surface area contributed by atoms with Crippen LogP contribution in [0.25, 0.3) is 0 Å². The van der Waals surface area contributed by atoms with Gasteiger partial charge in [-0.1, -0.05) is 24.3 Å². The van der Waals surface area contributed by atoms with Crippen molar-refractivity contribution in [2.45, 2.75) is 6.54 Å². The molecule has 4 nitrogen and oxygen atoms in total. The number of pyridine rings is 1. The summed E-state index contributed by atoms with van der Waals surface area (Å²) in [5, 5.41) is 2.74. The van der Waals surface area contributed by atoms with Gasteiger partial charge in [0, 0.05) is 24.4 Å². The molecule has 0 saturated carbocycles. The molecule has 3 rings (SSSR count). The van der Waals surface area contributed by atoms with E-state index >= 15 is 0 Å². The molecular formula is C19H15FN2O2. The molecule has 0 unspecified atom stereocenters. The van der Waals surface area contributed by atoms with Crippen molar-refractivity contribution in [3.8, 4) is 11.6 Å². The molecule has 0 bridgehead atoms. The molecule has 5 heteroatoms. The van der Waals surface area contributed by atoms with Gasteiger partial charge >= 0.3 is 0 Å². The Morgan fingerprint density at radius 2 is 1.88 bits per heavy atom. The van der Waals surface area contributed by atoms with Crippen LogP contribution in [0.15, 0.2) is 72.9 Å². The van der Waals surface area contributed by atoms with Gasteiger partial charge in [-0.25, -0.2) is 9.37 Å². The Morgan fingerprint density at radius 1 is 1.04 bits per heavy atom. The van der Waals surface area contributed by atoms with Crippen LogP contribution >= 0.6 is 0 Å². The second-order valence-electron chi connectivity index (χ2n) is 5.11. The third-order valence-corrected chi connectivity index (χ3v) is 3.30. The first-order chi connectivity index (χ1) is 11.7. The zero-order valence-corrected chi connectivity index (χ0v) is 12.8. The van der Waals surface area contributed by atoms with E-state index in [0.29, 0.717) is 18.2 Å².